The topological polar surface area (TPSA) is 105 Å². The first-order valence-electron chi connectivity index (χ1n) is 9.15. The molecule has 1 fully saturated rings. The largest absolute Gasteiger partial charge is 0.493 e. The summed E-state index contributed by atoms with van der Waals surface area (Å²) in [4.78, 5) is 37.0. The zero-order valence-corrected chi connectivity index (χ0v) is 16.9. The Bertz CT molecular complexity index is 768. The number of hydrogen-bond donors (Lipinski definition) is 0. The van der Waals surface area contributed by atoms with Gasteiger partial charge in [0.1, 0.15) is 11.0 Å². The van der Waals surface area contributed by atoms with E-state index in [1.807, 2.05) is 0 Å². The van der Waals surface area contributed by atoms with E-state index < -0.39 is 34.4 Å². The van der Waals surface area contributed by atoms with Crippen LogP contribution in [-0.4, -0.2) is 43.0 Å². The van der Waals surface area contributed by atoms with Gasteiger partial charge in [0.05, 0.1) is 20.1 Å². The van der Waals surface area contributed by atoms with Crippen LogP contribution in [0.15, 0.2) is 18.2 Å². The number of ketones is 1. The van der Waals surface area contributed by atoms with Crippen LogP contribution in [0.25, 0.3) is 0 Å². The Morgan fingerprint density at radius 2 is 1.89 bits per heavy atom. The molecule has 0 saturated heterocycles. The van der Waals surface area contributed by atoms with Gasteiger partial charge in [0.2, 0.25) is 6.54 Å². The Morgan fingerprint density at radius 1 is 1.25 bits per heavy atom. The number of hydrogen-bond acceptors (Lipinski definition) is 7. The third-order valence-corrected chi connectivity index (χ3v) is 4.97. The molecular formula is C20H27NO7. The van der Waals surface area contributed by atoms with E-state index in [1.165, 1.54) is 14.2 Å². The lowest BCUT2D eigenvalue weighted by Gasteiger charge is -2.34. The van der Waals surface area contributed by atoms with Gasteiger partial charge in [-0.25, -0.2) is 0 Å². The molecule has 0 bridgehead atoms. The van der Waals surface area contributed by atoms with Crippen LogP contribution in [0, 0.1) is 15.5 Å². The molecule has 0 radical (unpaired) electrons. The summed E-state index contributed by atoms with van der Waals surface area (Å²) in [6.45, 7) is 4.55. The zero-order chi connectivity index (χ0) is 21.1. The number of Topliss-reactive ketones (excluding diaryl/α,β-unsaturated/α-hetero) is 1. The number of esters is 1. The second kappa shape index (κ2) is 8.16. The normalized spacial score (nSPS) is 20.5. The molecule has 8 heteroatoms. The number of carbonyl (C=O) groups is 2. The van der Waals surface area contributed by atoms with Crippen molar-refractivity contribution in [1.29, 1.82) is 0 Å². The number of rotatable bonds is 7. The average molecular weight is 393 g/mol. The first-order chi connectivity index (χ1) is 13.0. The molecule has 0 aromatic heterocycles. The maximum Gasteiger partial charge on any atom is 0.321 e. The number of carbonyl (C=O) groups excluding carboxylic acids is 2. The first-order valence-corrected chi connectivity index (χ1v) is 9.15. The van der Waals surface area contributed by atoms with Crippen molar-refractivity contribution in [2.45, 2.75) is 51.6 Å². The highest BCUT2D eigenvalue weighted by atomic mass is 16.6. The number of methoxy groups -OCH3 is 2. The highest BCUT2D eigenvalue weighted by Crippen LogP contribution is 2.49. The molecule has 2 atom stereocenters. The lowest BCUT2D eigenvalue weighted by Crippen LogP contribution is -2.47. The molecular weight excluding hydrogens is 366 g/mol. The van der Waals surface area contributed by atoms with Crippen LogP contribution in [0.3, 0.4) is 0 Å². The summed E-state index contributed by atoms with van der Waals surface area (Å²) < 4.78 is 16.1. The van der Waals surface area contributed by atoms with E-state index in [2.05, 4.69) is 0 Å². The molecule has 1 aliphatic carbocycles. The number of benzene rings is 1. The molecule has 0 N–H and O–H groups in total. The fourth-order valence-electron chi connectivity index (χ4n) is 3.75. The molecule has 0 amide bonds. The fourth-order valence-corrected chi connectivity index (χ4v) is 3.75. The van der Waals surface area contributed by atoms with Gasteiger partial charge in [-0.1, -0.05) is 6.07 Å². The second-order valence-corrected chi connectivity index (χ2v) is 7.93. The van der Waals surface area contributed by atoms with Crippen LogP contribution in [0.4, 0.5) is 0 Å². The van der Waals surface area contributed by atoms with Crippen LogP contribution in [0.1, 0.15) is 51.5 Å². The Hall–Kier alpha value is -2.64. The zero-order valence-electron chi connectivity index (χ0n) is 16.9. The average Bonchev–Trinajstić information content (AvgIpc) is 2.99. The molecule has 28 heavy (non-hydrogen) atoms. The monoisotopic (exact) mass is 393 g/mol. The van der Waals surface area contributed by atoms with Crippen molar-refractivity contribution in [2.75, 3.05) is 20.8 Å². The lowest BCUT2D eigenvalue weighted by atomic mass is 9.69. The maximum atomic E-state index is 13.1. The van der Waals surface area contributed by atoms with E-state index in [1.54, 1.807) is 39.0 Å². The minimum absolute atomic E-state index is 0.195. The Kier molecular flexibility index (Phi) is 6.31. The Labute approximate surface area is 164 Å². The van der Waals surface area contributed by atoms with E-state index in [0.29, 0.717) is 23.5 Å². The van der Waals surface area contributed by atoms with E-state index in [0.717, 1.165) is 0 Å². The van der Waals surface area contributed by atoms with E-state index in [9.17, 15) is 19.7 Å². The number of nitro groups is 1. The van der Waals surface area contributed by atoms with Crippen LogP contribution in [0.2, 0.25) is 0 Å². The number of ether oxygens (including phenoxy) is 3. The molecule has 2 rings (SSSR count). The quantitative estimate of drug-likeness (QED) is 0.303. The Balaban J connectivity index is 2.61. The molecule has 0 spiro atoms. The van der Waals surface area contributed by atoms with Crippen LogP contribution >= 0.6 is 0 Å². The smallest absolute Gasteiger partial charge is 0.321 e. The molecule has 0 aliphatic heterocycles. The molecule has 1 saturated carbocycles. The SMILES string of the molecule is COc1ccc([C@H](C[N+](=O)[O-])[C@]2(C(=O)OC(C)(C)C)CCCC2=O)cc1OC. The third kappa shape index (κ3) is 4.26. The van der Waals surface area contributed by atoms with Crippen LogP contribution < -0.4 is 9.47 Å². The van der Waals surface area contributed by atoms with Crippen molar-refractivity contribution in [3.63, 3.8) is 0 Å². The van der Waals surface area contributed by atoms with Crippen molar-refractivity contribution >= 4 is 11.8 Å². The highest BCUT2D eigenvalue weighted by molar-refractivity contribution is 6.06. The van der Waals surface area contributed by atoms with Gasteiger partial charge in [-0.3, -0.25) is 19.7 Å². The summed E-state index contributed by atoms with van der Waals surface area (Å²) in [7, 11) is 2.93. The van der Waals surface area contributed by atoms with Crippen molar-refractivity contribution in [3.05, 3.63) is 33.9 Å². The van der Waals surface area contributed by atoms with Gasteiger partial charge in [-0.15, -0.1) is 0 Å². The predicted octanol–water partition coefficient (Wildman–Crippen LogP) is 3.15. The maximum absolute atomic E-state index is 13.1. The molecule has 0 unspecified atom stereocenters. The summed E-state index contributed by atoms with van der Waals surface area (Å²) in [6.07, 6.45) is 0.897. The molecule has 1 aromatic rings. The van der Waals surface area contributed by atoms with E-state index in [4.69, 9.17) is 14.2 Å². The molecule has 8 nitrogen and oxygen atoms in total. The summed E-state index contributed by atoms with van der Waals surface area (Å²) >= 11 is 0. The first kappa shape index (κ1) is 21.7. The number of nitrogens with zero attached hydrogens (tertiary/aromatic N) is 1. The summed E-state index contributed by atoms with van der Waals surface area (Å²) in [5.41, 5.74) is -1.93. The third-order valence-electron chi connectivity index (χ3n) is 4.97. The Morgan fingerprint density at radius 3 is 2.36 bits per heavy atom. The molecule has 154 valence electrons. The predicted molar refractivity (Wildman–Crippen MR) is 101 cm³/mol. The van der Waals surface area contributed by atoms with Crippen molar-refractivity contribution in [3.8, 4) is 11.5 Å². The fraction of sp³-hybridized carbons (Fsp3) is 0.600. The van der Waals surface area contributed by atoms with E-state index in [-0.39, 0.29) is 18.6 Å². The van der Waals surface area contributed by atoms with Crippen LogP contribution in [-0.2, 0) is 14.3 Å². The minimum atomic E-state index is -1.58. The highest BCUT2D eigenvalue weighted by Gasteiger charge is 2.58. The van der Waals surface area contributed by atoms with Gasteiger partial charge >= 0.3 is 5.97 Å². The van der Waals surface area contributed by atoms with Gasteiger partial charge in [-0.05, 0) is 51.3 Å². The van der Waals surface area contributed by atoms with E-state index >= 15 is 0 Å². The van der Waals surface area contributed by atoms with Gasteiger partial charge in [-0.2, -0.15) is 0 Å². The minimum Gasteiger partial charge on any atom is -0.493 e. The van der Waals surface area contributed by atoms with Gasteiger partial charge in [0.25, 0.3) is 0 Å². The van der Waals surface area contributed by atoms with Crippen molar-refractivity contribution in [1.82, 2.24) is 0 Å². The summed E-state index contributed by atoms with van der Waals surface area (Å²) in [5.74, 6) is -1.16. The van der Waals surface area contributed by atoms with Gasteiger partial charge in [0, 0.05) is 11.3 Å². The van der Waals surface area contributed by atoms with Gasteiger partial charge < -0.3 is 14.2 Å². The summed E-state index contributed by atoms with van der Waals surface area (Å²) in [6, 6.07) is 4.83. The molecule has 1 aliphatic rings. The second-order valence-electron chi connectivity index (χ2n) is 7.93. The lowest BCUT2D eigenvalue weighted by molar-refractivity contribution is -0.485. The van der Waals surface area contributed by atoms with Crippen LogP contribution in [0.5, 0.6) is 11.5 Å². The molecule has 1 aromatic carbocycles. The van der Waals surface area contributed by atoms with Gasteiger partial charge in [0.15, 0.2) is 17.3 Å². The summed E-state index contributed by atoms with van der Waals surface area (Å²) in [5, 5.41) is 11.5. The van der Waals surface area contributed by atoms with Crippen molar-refractivity contribution < 1.29 is 28.7 Å². The molecule has 0 heterocycles. The standard InChI is InChI=1S/C20H27NO7/c1-19(2,3)28-18(23)20(10-6-7-17(20)22)14(12-21(24)25)13-8-9-15(26-4)16(11-13)27-5/h8-9,11,14H,6-7,10,12H2,1-5H3/t14-,20+/m0/s1. The van der Waals surface area contributed by atoms with Crippen molar-refractivity contribution in [2.24, 2.45) is 5.41 Å².